The third kappa shape index (κ3) is 8.79. The van der Waals surface area contributed by atoms with Crippen LogP contribution < -0.4 is 5.19 Å². The van der Waals surface area contributed by atoms with Crippen molar-refractivity contribution < 1.29 is 32.7 Å². The van der Waals surface area contributed by atoms with Crippen molar-refractivity contribution in [1.82, 2.24) is 19.5 Å². The average molecular weight is 1040 g/mol. The molecule has 0 saturated heterocycles. The van der Waals surface area contributed by atoms with Gasteiger partial charge in [0.15, 0.2) is 0 Å². The minimum Gasteiger partial charge on any atom is -0.500 e. The first kappa shape index (κ1) is 36.3. The monoisotopic (exact) mass is 1040 g/mol. The van der Waals surface area contributed by atoms with E-state index < -0.39 is 21.8 Å². The van der Waals surface area contributed by atoms with E-state index in [2.05, 4.69) is 89.9 Å². The van der Waals surface area contributed by atoms with Gasteiger partial charge in [-0.3, -0.25) is 4.98 Å². The Labute approximate surface area is 403 Å². The van der Waals surface area contributed by atoms with Crippen molar-refractivity contribution in [2.45, 2.75) is 33.3 Å². The van der Waals surface area contributed by atoms with Crippen LogP contribution in [0.2, 0.25) is 19.6 Å². The minimum absolute atomic E-state index is 0. The number of benzene rings is 7. The molecule has 65 heavy (non-hydrogen) atoms. The molecule has 319 valence electrons. The molecule has 0 atom stereocenters. The van der Waals surface area contributed by atoms with Gasteiger partial charge in [0.1, 0.15) is 5.58 Å². The molecule has 0 bridgehead atoms. The van der Waals surface area contributed by atoms with Gasteiger partial charge in [-0.2, -0.15) is 0 Å². The van der Waals surface area contributed by atoms with Gasteiger partial charge in [0, 0.05) is 62.8 Å². The second kappa shape index (κ2) is 18.2. The van der Waals surface area contributed by atoms with E-state index in [1.165, 1.54) is 5.19 Å². The molecule has 4 aromatic heterocycles. The predicted octanol–water partition coefficient (Wildman–Crippen LogP) is 14.5. The first-order valence-electron chi connectivity index (χ1n) is 24.2. The summed E-state index contributed by atoms with van der Waals surface area (Å²) in [4.78, 5) is 14.8. The molecule has 0 aliphatic carbocycles. The molecule has 7 heteroatoms. The summed E-state index contributed by atoms with van der Waals surface area (Å²) in [6.45, 7) is 2.50. The van der Waals surface area contributed by atoms with Crippen molar-refractivity contribution in [3.63, 3.8) is 0 Å². The molecule has 0 aliphatic rings. The van der Waals surface area contributed by atoms with Crippen LogP contribution in [0.25, 0.3) is 94.9 Å². The Balaban J connectivity index is 0.000000313. The Morgan fingerprint density at radius 1 is 0.600 bits per heavy atom. The number of furan rings is 1. The maximum atomic E-state index is 7.90. The van der Waals surface area contributed by atoms with Gasteiger partial charge in [-0.15, -0.1) is 54.1 Å². The number of aromatic nitrogens is 4. The summed E-state index contributed by atoms with van der Waals surface area (Å²) >= 11 is 0. The zero-order valence-corrected chi connectivity index (χ0v) is 39.3. The molecule has 0 N–H and O–H groups in total. The third-order valence-electron chi connectivity index (χ3n) is 11.4. The molecule has 4 heterocycles. The van der Waals surface area contributed by atoms with E-state index in [-0.39, 0.29) is 31.2 Å². The van der Waals surface area contributed by atoms with E-state index >= 15 is 0 Å². The second-order valence-electron chi connectivity index (χ2n) is 16.7. The van der Waals surface area contributed by atoms with E-state index in [0.29, 0.717) is 45.1 Å². The van der Waals surface area contributed by atoms with Gasteiger partial charge >= 0.3 is 0 Å². The third-order valence-corrected chi connectivity index (χ3v) is 13.4. The molecule has 0 aliphatic heterocycles. The zero-order valence-electron chi connectivity index (χ0n) is 41.9. The number of rotatable bonds is 7. The largest absolute Gasteiger partial charge is 0.500 e. The van der Waals surface area contributed by atoms with Crippen LogP contribution in [0.3, 0.4) is 0 Å². The minimum atomic E-state index is -2.26. The van der Waals surface area contributed by atoms with Crippen molar-refractivity contribution in [3.8, 4) is 62.0 Å². The zero-order chi connectivity index (χ0) is 48.8. The summed E-state index contributed by atoms with van der Waals surface area (Å²) in [5, 5.41) is 2.94. The molecular formula is C58H46IrN4OSi-2. The molecule has 0 saturated carbocycles. The fourth-order valence-electron chi connectivity index (χ4n) is 8.01. The van der Waals surface area contributed by atoms with Crippen LogP contribution in [0, 0.1) is 25.8 Å². The number of nitrogens with zero attached hydrogens (tertiary/aromatic N) is 4. The summed E-state index contributed by atoms with van der Waals surface area (Å²) in [7, 11) is -1.23. The van der Waals surface area contributed by atoms with Crippen LogP contribution in [0.5, 0.6) is 0 Å². The quantitative estimate of drug-likeness (QED) is 0.118. The molecule has 11 aromatic rings. The fraction of sp³-hybridized carbons (Fsp3) is 0.0862. The summed E-state index contributed by atoms with van der Waals surface area (Å²) in [6, 6.07) is 64.5. The summed E-state index contributed by atoms with van der Waals surface area (Å²) in [5.41, 5.74) is 11.7. The molecular weight excluding hydrogens is 989 g/mol. The van der Waals surface area contributed by atoms with Crippen molar-refractivity contribution in [2.24, 2.45) is 0 Å². The Hall–Kier alpha value is -7.02. The first-order valence-corrected chi connectivity index (χ1v) is 24.7. The fourth-order valence-corrected chi connectivity index (χ4v) is 9.05. The van der Waals surface area contributed by atoms with Gasteiger partial charge in [-0.05, 0) is 60.0 Å². The van der Waals surface area contributed by atoms with E-state index in [9.17, 15) is 0 Å². The van der Waals surface area contributed by atoms with Gasteiger partial charge in [-0.25, -0.2) is 4.98 Å². The predicted molar refractivity (Wildman–Crippen MR) is 268 cm³/mol. The van der Waals surface area contributed by atoms with E-state index in [1.54, 1.807) is 48.5 Å². The normalized spacial score (nSPS) is 13.1. The summed E-state index contributed by atoms with van der Waals surface area (Å²) < 4.78 is 56.1. The number of para-hydroxylation sites is 2. The Morgan fingerprint density at radius 3 is 2.03 bits per heavy atom. The molecule has 0 unspecified atom stereocenters. The average Bonchev–Trinajstić information content (AvgIpc) is 3.95. The van der Waals surface area contributed by atoms with Gasteiger partial charge in [0.2, 0.25) is 0 Å². The van der Waals surface area contributed by atoms with E-state index in [4.69, 9.17) is 22.6 Å². The van der Waals surface area contributed by atoms with Crippen LogP contribution in [0.15, 0.2) is 193 Å². The summed E-state index contributed by atoms with van der Waals surface area (Å²) in [6.07, 6.45) is 2.02. The van der Waals surface area contributed by atoms with Gasteiger partial charge in [-0.1, -0.05) is 157 Å². The van der Waals surface area contributed by atoms with Crippen molar-refractivity contribution in [1.29, 1.82) is 0 Å². The Morgan fingerprint density at radius 2 is 1.32 bits per heavy atom. The SMILES string of the molecule is C[Si](C)(C)c1ccc(-c2[c-]cccc2)nc1.[2H]C([2H])([2H])c1ccc(-c2cc3oc4c(-c5nc6ccccc6n5-c5cccc(-c6ccccc6)c5)[c-]ccc4c3c(-c3ccc(C([2H])([2H])[2H])cc3)n2)cc1.[Ir]. The van der Waals surface area contributed by atoms with Crippen LogP contribution in [0.1, 0.15) is 19.4 Å². The maximum absolute atomic E-state index is 7.90. The number of aryl methyl sites for hydroxylation is 2. The van der Waals surface area contributed by atoms with E-state index in [0.717, 1.165) is 49.9 Å². The smallest absolute Gasteiger partial charge is 0.125 e. The molecule has 0 fully saturated rings. The number of fused-ring (bicyclic) bond motifs is 4. The molecule has 5 nitrogen and oxygen atoms in total. The van der Waals surface area contributed by atoms with Gasteiger partial charge in [0.25, 0.3) is 0 Å². The first-order chi connectivity index (χ1) is 33.6. The number of pyridine rings is 2. The van der Waals surface area contributed by atoms with Crippen LogP contribution in [-0.2, 0) is 20.1 Å². The molecule has 7 aromatic carbocycles. The van der Waals surface area contributed by atoms with Crippen molar-refractivity contribution in [2.75, 3.05) is 0 Å². The van der Waals surface area contributed by atoms with Crippen LogP contribution in [-0.4, -0.2) is 27.6 Å². The van der Waals surface area contributed by atoms with Crippen LogP contribution in [0.4, 0.5) is 0 Å². The van der Waals surface area contributed by atoms with Crippen molar-refractivity contribution >= 4 is 46.2 Å². The molecule has 1 radical (unpaired) electrons. The number of imidazole rings is 1. The Bertz CT molecular complexity index is 3640. The topological polar surface area (TPSA) is 56.7 Å². The number of hydrogen-bond acceptors (Lipinski definition) is 4. The molecule has 0 amide bonds. The molecule has 0 spiro atoms. The standard InChI is InChI=1S/C44H30N3O.C14H16NSi.Ir/c1-28-18-22-31(23-19-28)38-27-40-41(42(45-38)32-24-20-29(2)21-25-32)35-14-9-15-36(43(35)48-40)44-46-37-16-6-7-17-39(37)47(44)34-13-8-12-33(26-34)30-10-4-3-5-11-30;1-16(2,3)13-9-10-14(15-11-13)12-7-5-4-6-8-12;/h3-14,16-27H,1-2H3;4-7,9-11H,1-3H3;/q2*-1;/i1D3,2D3;;. The molecule has 11 rings (SSSR count). The summed E-state index contributed by atoms with van der Waals surface area (Å²) in [5.74, 6) is 0.656. The number of hydrogen-bond donors (Lipinski definition) is 0. The van der Waals surface area contributed by atoms with Crippen molar-refractivity contribution in [3.05, 3.63) is 211 Å². The Kier molecular flexibility index (Phi) is 10.2. The maximum Gasteiger partial charge on any atom is 0.125 e. The van der Waals surface area contributed by atoms with Crippen LogP contribution >= 0.6 is 0 Å². The van der Waals surface area contributed by atoms with Gasteiger partial charge < -0.3 is 14.0 Å². The second-order valence-corrected chi connectivity index (χ2v) is 21.8. The van der Waals surface area contributed by atoms with Gasteiger partial charge in [0.05, 0.1) is 41.9 Å². The van der Waals surface area contributed by atoms with E-state index in [1.807, 2.05) is 91.1 Å².